The Balaban J connectivity index is 0.00000210. The number of piperidine rings is 3. The fourth-order valence-electron chi connectivity index (χ4n) is 3.79. The van der Waals surface area contributed by atoms with Crippen LogP contribution in [-0.4, -0.2) is 42.2 Å². The second-order valence-electron chi connectivity index (χ2n) is 6.78. The van der Waals surface area contributed by atoms with E-state index >= 15 is 0 Å². The van der Waals surface area contributed by atoms with Crippen LogP contribution in [0.3, 0.4) is 0 Å². The molecule has 1 atom stereocenters. The highest BCUT2D eigenvalue weighted by Crippen LogP contribution is 2.34. The van der Waals surface area contributed by atoms with Crippen LogP contribution in [-0.2, 0) is 4.74 Å². The van der Waals surface area contributed by atoms with Gasteiger partial charge in [0.2, 0.25) is 0 Å². The fourth-order valence-corrected chi connectivity index (χ4v) is 4.56. The predicted molar refractivity (Wildman–Crippen MR) is 102 cm³/mol. The van der Waals surface area contributed by atoms with Crippen molar-refractivity contribution in [1.82, 2.24) is 9.88 Å². The first kappa shape index (κ1) is 20.0. The second-order valence-corrected chi connectivity index (χ2v) is 7.63. The van der Waals surface area contributed by atoms with Gasteiger partial charge in [0.1, 0.15) is 11.6 Å². The Labute approximate surface area is 166 Å². The summed E-state index contributed by atoms with van der Waals surface area (Å²) in [6.45, 7) is 3.62. The van der Waals surface area contributed by atoms with Gasteiger partial charge in [-0.15, -0.1) is 23.7 Å². The molecule has 1 aromatic heterocycles. The van der Waals surface area contributed by atoms with Crippen molar-refractivity contribution in [2.75, 3.05) is 31.6 Å². The SMILES string of the molecule is Cl.O=C(Nc1ncsc1-c1ccc(F)cc1F)OCC1CN2CCC1CC2. The first-order valence-corrected chi connectivity index (χ1v) is 9.53. The Bertz CT molecular complexity index is 812. The number of hydrogen-bond acceptors (Lipinski definition) is 5. The maximum atomic E-state index is 14.0. The molecular formula is C18H20ClF2N3O2S. The summed E-state index contributed by atoms with van der Waals surface area (Å²) in [5.41, 5.74) is 1.70. The van der Waals surface area contributed by atoms with E-state index < -0.39 is 17.7 Å². The maximum Gasteiger partial charge on any atom is 0.412 e. The van der Waals surface area contributed by atoms with E-state index in [-0.39, 0.29) is 23.8 Å². The van der Waals surface area contributed by atoms with Gasteiger partial charge in [0, 0.05) is 24.1 Å². The first-order chi connectivity index (χ1) is 12.6. The van der Waals surface area contributed by atoms with Crippen molar-refractivity contribution in [3.63, 3.8) is 0 Å². The van der Waals surface area contributed by atoms with Gasteiger partial charge >= 0.3 is 6.09 Å². The lowest BCUT2D eigenvalue weighted by Crippen LogP contribution is -2.49. The van der Waals surface area contributed by atoms with E-state index in [4.69, 9.17) is 4.74 Å². The number of thiazole rings is 1. The van der Waals surface area contributed by atoms with Crippen molar-refractivity contribution < 1.29 is 18.3 Å². The highest BCUT2D eigenvalue weighted by atomic mass is 35.5. The summed E-state index contributed by atoms with van der Waals surface area (Å²) in [7, 11) is 0. The highest BCUT2D eigenvalue weighted by molar-refractivity contribution is 7.13. The van der Waals surface area contributed by atoms with Crippen LogP contribution in [0.15, 0.2) is 23.7 Å². The van der Waals surface area contributed by atoms with Gasteiger partial charge in [-0.2, -0.15) is 0 Å². The zero-order valence-electron chi connectivity index (χ0n) is 14.5. The van der Waals surface area contributed by atoms with Gasteiger partial charge in [-0.25, -0.2) is 18.6 Å². The summed E-state index contributed by atoms with van der Waals surface area (Å²) in [6, 6.07) is 3.32. The third kappa shape index (κ3) is 4.39. The maximum absolute atomic E-state index is 14.0. The minimum absolute atomic E-state index is 0. The molecule has 27 heavy (non-hydrogen) atoms. The van der Waals surface area contributed by atoms with E-state index in [1.54, 1.807) is 0 Å². The summed E-state index contributed by atoms with van der Waals surface area (Å²) in [5, 5.41) is 2.58. The Kier molecular flexibility index (Phi) is 6.29. The van der Waals surface area contributed by atoms with Gasteiger partial charge in [0.15, 0.2) is 5.82 Å². The molecule has 3 fully saturated rings. The molecule has 2 aromatic rings. The highest BCUT2D eigenvalue weighted by Gasteiger charge is 2.34. The quantitative estimate of drug-likeness (QED) is 0.804. The zero-order chi connectivity index (χ0) is 18.1. The summed E-state index contributed by atoms with van der Waals surface area (Å²) in [4.78, 5) is 19.0. The smallest absolute Gasteiger partial charge is 0.412 e. The van der Waals surface area contributed by atoms with Gasteiger partial charge in [0.25, 0.3) is 0 Å². The number of nitrogens with zero attached hydrogens (tertiary/aromatic N) is 2. The number of halogens is 3. The monoisotopic (exact) mass is 415 g/mol. The van der Waals surface area contributed by atoms with Crippen LogP contribution in [0.5, 0.6) is 0 Å². The lowest BCUT2D eigenvalue weighted by Gasteiger charge is -2.44. The summed E-state index contributed by atoms with van der Waals surface area (Å²) >= 11 is 1.17. The van der Waals surface area contributed by atoms with Crippen molar-refractivity contribution in [3.05, 3.63) is 35.3 Å². The molecule has 1 aromatic carbocycles. The van der Waals surface area contributed by atoms with Gasteiger partial charge in [-0.1, -0.05) is 0 Å². The molecule has 2 bridgehead atoms. The Morgan fingerprint density at radius 1 is 1.33 bits per heavy atom. The number of carbonyl (C=O) groups is 1. The summed E-state index contributed by atoms with van der Waals surface area (Å²) in [6.07, 6.45) is 1.72. The van der Waals surface area contributed by atoms with Crippen molar-refractivity contribution in [1.29, 1.82) is 0 Å². The predicted octanol–water partition coefficient (Wildman–Crippen LogP) is 4.40. The van der Waals surface area contributed by atoms with E-state index in [1.165, 1.54) is 29.0 Å². The van der Waals surface area contributed by atoms with Crippen LogP contribution < -0.4 is 5.32 Å². The molecule has 5 rings (SSSR count). The third-order valence-corrected chi connectivity index (χ3v) is 6.04. The number of fused-ring (bicyclic) bond motifs is 3. The minimum Gasteiger partial charge on any atom is -0.449 e. The van der Waals surface area contributed by atoms with E-state index in [2.05, 4.69) is 15.2 Å². The van der Waals surface area contributed by atoms with Crippen LogP contribution in [0.2, 0.25) is 0 Å². The zero-order valence-corrected chi connectivity index (χ0v) is 16.1. The number of carbonyl (C=O) groups excluding carboxylic acids is 1. The van der Waals surface area contributed by atoms with Crippen LogP contribution in [0.4, 0.5) is 19.4 Å². The normalized spacial score (nSPS) is 23.6. The molecule has 0 spiro atoms. The van der Waals surface area contributed by atoms with E-state index in [0.717, 1.165) is 38.5 Å². The topological polar surface area (TPSA) is 54.5 Å². The number of anilines is 1. The largest absolute Gasteiger partial charge is 0.449 e. The molecule has 1 unspecified atom stereocenters. The number of amides is 1. The molecule has 0 aliphatic carbocycles. The molecule has 0 saturated carbocycles. The van der Waals surface area contributed by atoms with Gasteiger partial charge in [-0.05, 0) is 44.0 Å². The van der Waals surface area contributed by atoms with Gasteiger partial charge in [0.05, 0.1) is 17.0 Å². The van der Waals surface area contributed by atoms with E-state index in [1.807, 2.05) is 0 Å². The Morgan fingerprint density at radius 3 is 2.78 bits per heavy atom. The minimum atomic E-state index is -0.696. The van der Waals surface area contributed by atoms with Gasteiger partial charge in [-0.3, -0.25) is 5.32 Å². The molecule has 3 aliphatic rings. The Hall–Kier alpha value is -1.77. The molecule has 3 aliphatic heterocycles. The fraction of sp³-hybridized carbons (Fsp3) is 0.444. The molecule has 5 nitrogen and oxygen atoms in total. The number of aromatic nitrogens is 1. The molecule has 146 valence electrons. The molecular weight excluding hydrogens is 396 g/mol. The van der Waals surface area contributed by atoms with Crippen LogP contribution in [0, 0.1) is 23.5 Å². The average Bonchev–Trinajstić information content (AvgIpc) is 3.09. The van der Waals surface area contributed by atoms with Crippen LogP contribution >= 0.6 is 23.7 Å². The first-order valence-electron chi connectivity index (χ1n) is 8.65. The number of benzene rings is 1. The Morgan fingerprint density at radius 2 is 2.11 bits per heavy atom. The number of nitrogens with one attached hydrogen (secondary N) is 1. The lowest BCUT2D eigenvalue weighted by atomic mass is 9.79. The van der Waals surface area contributed by atoms with Gasteiger partial charge < -0.3 is 9.64 Å². The molecule has 4 heterocycles. The molecule has 1 N–H and O–H groups in total. The number of rotatable bonds is 4. The van der Waals surface area contributed by atoms with Crippen LogP contribution in [0.1, 0.15) is 12.8 Å². The number of hydrogen-bond donors (Lipinski definition) is 1. The van der Waals surface area contributed by atoms with E-state index in [9.17, 15) is 13.6 Å². The molecule has 1 amide bonds. The standard InChI is InChI=1S/C18H19F2N3O2S.ClH/c19-13-1-2-14(15(20)7-13)16-17(21-10-26-16)22-18(24)25-9-12-8-23-5-3-11(12)4-6-23;/h1-2,7,10-12H,3-6,8-9H2,(H,22,24);1H. The molecule has 0 radical (unpaired) electrons. The summed E-state index contributed by atoms with van der Waals surface area (Å²) < 4.78 is 32.5. The average molecular weight is 416 g/mol. The molecule has 3 saturated heterocycles. The summed E-state index contributed by atoms with van der Waals surface area (Å²) in [5.74, 6) is -0.136. The molecule has 9 heteroatoms. The lowest BCUT2D eigenvalue weighted by molar-refractivity contribution is 0.0151. The number of ether oxygens (including phenoxy) is 1. The van der Waals surface area contributed by atoms with Crippen molar-refractivity contribution in [2.24, 2.45) is 11.8 Å². The van der Waals surface area contributed by atoms with E-state index in [0.29, 0.717) is 23.3 Å². The second kappa shape index (κ2) is 8.50. The third-order valence-electron chi connectivity index (χ3n) is 5.18. The van der Waals surface area contributed by atoms with Crippen LogP contribution in [0.25, 0.3) is 10.4 Å². The van der Waals surface area contributed by atoms with Crippen molar-refractivity contribution in [3.8, 4) is 10.4 Å². The van der Waals surface area contributed by atoms with Crippen molar-refractivity contribution >= 4 is 35.7 Å². The van der Waals surface area contributed by atoms with Crippen molar-refractivity contribution in [2.45, 2.75) is 12.8 Å².